The Kier molecular flexibility index (Phi) is 2.33. The van der Waals surface area contributed by atoms with Gasteiger partial charge in [0.1, 0.15) is 0 Å². The van der Waals surface area contributed by atoms with Crippen molar-refractivity contribution < 1.29 is 19.4 Å². The Balaban J connectivity index is 2.05. The van der Waals surface area contributed by atoms with Crippen LogP contribution in [0.15, 0.2) is 16.6 Å². The molecule has 1 aliphatic carbocycles. The maximum absolute atomic E-state index is 10.9. The number of carboxylic acid groups (broad SMARTS) is 1. The van der Waals surface area contributed by atoms with Gasteiger partial charge in [0.05, 0.1) is 10.9 Å². The summed E-state index contributed by atoms with van der Waals surface area (Å²) in [6, 6.07) is 3.83. The third-order valence-electron chi connectivity index (χ3n) is 3.39. The summed E-state index contributed by atoms with van der Waals surface area (Å²) in [6.07, 6.45) is 1.96. The maximum atomic E-state index is 10.9. The van der Waals surface area contributed by atoms with Crippen molar-refractivity contribution in [1.82, 2.24) is 0 Å². The highest BCUT2D eigenvalue weighted by Crippen LogP contribution is 2.57. The standard InChI is InChI=1S/C12H11BrO4/c13-8-2-1-7(10-11(8)17-6-16-10)12(3-4-12)5-9(14)15/h1-2H,3-6H2,(H,14,15). The van der Waals surface area contributed by atoms with Crippen LogP contribution in [0.2, 0.25) is 0 Å². The molecule has 1 fully saturated rings. The number of hydrogen-bond donors (Lipinski definition) is 1. The number of fused-ring (bicyclic) bond motifs is 1. The van der Waals surface area contributed by atoms with Crippen molar-refractivity contribution in [3.05, 3.63) is 22.2 Å². The van der Waals surface area contributed by atoms with Crippen LogP contribution < -0.4 is 9.47 Å². The quantitative estimate of drug-likeness (QED) is 0.932. The number of halogens is 1. The molecule has 0 aromatic heterocycles. The van der Waals surface area contributed by atoms with Crippen LogP contribution in [0.3, 0.4) is 0 Å². The highest BCUT2D eigenvalue weighted by Gasteiger charge is 2.49. The summed E-state index contributed by atoms with van der Waals surface area (Å²) in [4.78, 5) is 10.9. The second-order valence-electron chi connectivity index (χ2n) is 4.51. The van der Waals surface area contributed by atoms with Gasteiger partial charge in [-0.1, -0.05) is 6.07 Å². The lowest BCUT2D eigenvalue weighted by Gasteiger charge is -2.15. The lowest BCUT2D eigenvalue weighted by molar-refractivity contribution is -0.137. The van der Waals surface area contributed by atoms with E-state index < -0.39 is 5.97 Å². The molecule has 0 spiro atoms. The molecule has 0 bridgehead atoms. The molecule has 2 aliphatic rings. The molecule has 4 nitrogen and oxygen atoms in total. The molecular weight excluding hydrogens is 288 g/mol. The lowest BCUT2D eigenvalue weighted by atomic mass is 9.91. The van der Waals surface area contributed by atoms with Crippen molar-refractivity contribution in [2.24, 2.45) is 0 Å². The van der Waals surface area contributed by atoms with E-state index in [1.807, 2.05) is 12.1 Å². The first-order valence-electron chi connectivity index (χ1n) is 5.43. The zero-order valence-electron chi connectivity index (χ0n) is 9.03. The van der Waals surface area contributed by atoms with E-state index in [-0.39, 0.29) is 18.6 Å². The van der Waals surface area contributed by atoms with E-state index >= 15 is 0 Å². The third-order valence-corrected chi connectivity index (χ3v) is 4.01. The number of rotatable bonds is 3. The van der Waals surface area contributed by atoms with Gasteiger partial charge in [-0.2, -0.15) is 0 Å². The Morgan fingerprint density at radius 1 is 1.35 bits per heavy atom. The van der Waals surface area contributed by atoms with Gasteiger partial charge >= 0.3 is 5.97 Å². The Labute approximate surface area is 107 Å². The Hall–Kier alpha value is -1.23. The maximum Gasteiger partial charge on any atom is 0.304 e. The second kappa shape index (κ2) is 3.63. The molecule has 5 heteroatoms. The van der Waals surface area contributed by atoms with Crippen molar-refractivity contribution >= 4 is 21.9 Å². The highest BCUT2D eigenvalue weighted by molar-refractivity contribution is 9.10. The van der Waals surface area contributed by atoms with Crippen LogP contribution in [0, 0.1) is 0 Å². The molecular formula is C12H11BrO4. The first-order valence-corrected chi connectivity index (χ1v) is 6.22. The molecule has 0 saturated heterocycles. The number of benzene rings is 1. The molecule has 0 amide bonds. The summed E-state index contributed by atoms with van der Waals surface area (Å²) in [6.45, 7) is 0.202. The monoisotopic (exact) mass is 298 g/mol. The van der Waals surface area contributed by atoms with Gasteiger partial charge in [-0.25, -0.2) is 0 Å². The average molecular weight is 299 g/mol. The molecule has 1 aromatic carbocycles. The minimum atomic E-state index is -0.766. The van der Waals surface area contributed by atoms with Gasteiger partial charge in [0.15, 0.2) is 11.5 Å². The summed E-state index contributed by atoms with van der Waals surface area (Å²) in [5.41, 5.74) is 0.722. The molecule has 1 aromatic rings. The summed E-state index contributed by atoms with van der Waals surface area (Å²) >= 11 is 3.40. The van der Waals surface area contributed by atoms with Gasteiger partial charge in [-0.3, -0.25) is 4.79 Å². The molecule has 17 heavy (non-hydrogen) atoms. The van der Waals surface area contributed by atoms with E-state index in [4.69, 9.17) is 14.6 Å². The Bertz CT molecular complexity index is 494. The van der Waals surface area contributed by atoms with Crippen molar-refractivity contribution in [3.8, 4) is 11.5 Å². The van der Waals surface area contributed by atoms with E-state index in [0.29, 0.717) is 11.5 Å². The van der Waals surface area contributed by atoms with Gasteiger partial charge < -0.3 is 14.6 Å². The Morgan fingerprint density at radius 2 is 2.06 bits per heavy atom. The van der Waals surface area contributed by atoms with Crippen LogP contribution in [-0.4, -0.2) is 17.9 Å². The van der Waals surface area contributed by atoms with Crippen LogP contribution in [-0.2, 0) is 10.2 Å². The van der Waals surface area contributed by atoms with Crippen molar-refractivity contribution in [2.75, 3.05) is 6.79 Å². The lowest BCUT2D eigenvalue weighted by Crippen LogP contribution is -2.13. The number of carboxylic acids is 1. The summed E-state index contributed by atoms with van der Waals surface area (Å²) in [7, 11) is 0. The van der Waals surface area contributed by atoms with Crippen LogP contribution >= 0.6 is 15.9 Å². The Morgan fingerprint density at radius 3 is 2.71 bits per heavy atom. The van der Waals surface area contributed by atoms with E-state index in [2.05, 4.69) is 15.9 Å². The third kappa shape index (κ3) is 1.69. The molecule has 3 rings (SSSR count). The van der Waals surface area contributed by atoms with E-state index in [9.17, 15) is 4.79 Å². The average Bonchev–Trinajstić information content (AvgIpc) is 2.86. The highest BCUT2D eigenvalue weighted by atomic mass is 79.9. The van der Waals surface area contributed by atoms with E-state index in [1.165, 1.54) is 0 Å². The molecule has 1 N–H and O–H groups in total. The fourth-order valence-corrected chi connectivity index (χ4v) is 2.79. The topological polar surface area (TPSA) is 55.8 Å². The fourth-order valence-electron chi connectivity index (χ4n) is 2.36. The van der Waals surface area contributed by atoms with Gasteiger partial charge in [-0.15, -0.1) is 0 Å². The number of carbonyl (C=O) groups is 1. The fraction of sp³-hybridized carbons (Fsp3) is 0.417. The summed E-state index contributed by atoms with van der Waals surface area (Å²) in [5, 5.41) is 8.97. The molecule has 90 valence electrons. The zero-order chi connectivity index (χ0) is 12.0. The van der Waals surface area contributed by atoms with Gasteiger partial charge in [0.25, 0.3) is 0 Å². The zero-order valence-corrected chi connectivity index (χ0v) is 10.6. The normalized spacial score (nSPS) is 19.1. The van der Waals surface area contributed by atoms with E-state index in [1.54, 1.807) is 0 Å². The predicted octanol–water partition coefficient (Wildman–Crippen LogP) is 2.68. The largest absolute Gasteiger partial charge is 0.481 e. The van der Waals surface area contributed by atoms with Gasteiger partial charge in [-0.05, 0) is 34.8 Å². The SMILES string of the molecule is O=C(O)CC1(c2ccc(Br)c3c2OCO3)CC1. The first-order chi connectivity index (χ1) is 8.12. The second-order valence-corrected chi connectivity index (χ2v) is 5.36. The van der Waals surface area contributed by atoms with Crippen LogP contribution in [0.25, 0.3) is 0 Å². The molecule has 0 unspecified atom stereocenters. The first kappa shape index (κ1) is 10.9. The van der Waals surface area contributed by atoms with Crippen LogP contribution in [0.5, 0.6) is 11.5 Å². The number of aliphatic carboxylic acids is 1. The molecule has 0 atom stereocenters. The van der Waals surface area contributed by atoms with Crippen molar-refractivity contribution in [2.45, 2.75) is 24.7 Å². The molecule has 1 saturated carbocycles. The predicted molar refractivity (Wildman–Crippen MR) is 63.4 cm³/mol. The van der Waals surface area contributed by atoms with Gasteiger partial charge in [0.2, 0.25) is 6.79 Å². The minimum absolute atomic E-state index is 0.157. The van der Waals surface area contributed by atoms with Crippen LogP contribution in [0.1, 0.15) is 24.8 Å². The minimum Gasteiger partial charge on any atom is -0.481 e. The van der Waals surface area contributed by atoms with Crippen molar-refractivity contribution in [1.29, 1.82) is 0 Å². The molecule has 0 radical (unpaired) electrons. The van der Waals surface area contributed by atoms with Gasteiger partial charge in [0, 0.05) is 11.0 Å². The van der Waals surface area contributed by atoms with E-state index in [0.717, 1.165) is 22.9 Å². The van der Waals surface area contributed by atoms with Crippen molar-refractivity contribution in [3.63, 3.8) is 0 Å². The summed E-state index contributed by atoms with van der Waals surface area (Å²) in [5.74, 6) is 0.635. The smallest absolute Gasteiger partial charge is 0.304 e. The number of ether oxygens (including phenoxy) is 2. The molecule has 1 heterocycles. The molecule has 1 aliphatic heterocycles. The van der Waals surface area contributed by atoms with Crippen LogP contribution in [0.4, 0.5) is 0 Å². The summed E-state index contributed by atoms with van der Waals surface area (Å²) < 4.78 is 11.7. The number of hydrogen-bond acceptors (Lipinski definition) is 3.